The SMILES string of the molecule is Cc1ccc(C)c(N(CC(=O)N(Cc2ccccc2Cl)[C@H](C)C(=O)NC2CCCC2)S(=O)(=O)c2ccccc2)c1. The van der Waals surface area contributed by atoms with Crippen molar-refractivity contribution in [1.82, 2.24) is 10.2 Å². The Balaban J connectivity index is 1.72. The molecule has 3 aromatic carbocycles. The summed E-state index contributed by atoms with van der Waals surface area (Å²) in [6.45, 7) is 4.94. The third-order valence-corrected chi connectivity index (χ3v) is 9.55. The highest BCUT2D eigenvalue weighted by Gasteiger charge is 2.34. The van der Waals surface area contributed by atoms with Crippen molar-refractivity contribution in [3.05, 3.63) is 94.5 Å². The molecule has 0 aromatic heterocycles. The van der Waals surface area contributed by atoms with Gasteiger partial charge in [-0.15, -0.1) is 0 Å². The van der Waals surface area contributed by atoms with Crippen molar-refractivity contribution in [2.24, 2.45) is 0 Å². The molecule has 0 heterocycles. The van der Waals surface area contributed by atoms with Crippen LogP contribution in [0.15, 0.2) is 77.7 Å². The number of nitrogens with zero attached hydrogens (tertiary/aromatic N) is 2. The lowest BCUT2D eigenvalue weighted by atomic mass is 10.1. The van der Waals surface area contributed by atoms with Gasteiger partial charge in [0.05, 0.1) is 10.6 Å². The van der Waals surface area contributed by atoms with E-state index in [1.54, 1.807) is 49.4 Å². The molecule has 212 valence electrons. The van der Waals surface area contributed by atoms with E-state index >= 15 is 0 Å². The first kappa shape index (κ1) is 29.6. The Bertz CT molecular complexity index is 1460. The molecule has 1 saturated carbocycles. The Labute approximate surface area is 242 Å². The van der Waals surface area contributed by atoms with Gasteiger partial charge in [-0.25, -0.2) is 8.42 Å². The number of hydrogen-bond donors (Lipinski definition) is 1. The van der Waals surface area contributed by atoms with E-state index in [1.165, 1.54) is 17.0 Å². The summed E-state index contributed by atoms with van der Waals surface area (Å²) in [5, 5.41) is 3.54. The van der Waals surface area contributed by atoms with Crippen LogP contribution in [0.1, 0.15) is 49.3 Å². The summed E-state index contributed by atoms with van der Waals surface area (Å²) in [7, 11) is -4.11. The highest BCUT2D eigenvalue weighted by Crippen LogP contribution is 2.29. The summed E-state index contributed by atoms with van der Waals surface area (Å²) >= 11 is 6.44. The van der Waals surface area contributed by atoms with Gasteiger partial charge in [0.25, 0.3) is 10.0 Å². The number of sulfonamides is 1. The number of rotatable bonds is 10. The highest BCUT2D eigenvalue weighted by molar-refractivity contribution is 7.92. The fourth-order valence-electron chi connectivity index (χ4n) is 5.01. The molecule has 2 amide bonds. The molecule has 7 nitrogen and oxygen atoms in total. The number of amides is 2. The van der Waals surface area contributed by atoms with Crippen molar-refractivity contribution in [3.8, 4) is 0 Å². The van der Waals surface area contributed by atoms with E-state index in [1.807, 2.05) is 32.0 Å². The standard InChI is InChI=1S/C31H36ClN3O4S/c1-22-17-18-23(2)29(19-22)35(40(38,39)27-14-5-4-6-15-27)21-30(36)34(20-25-11-7-10-16-28(25)32)24(3)31(37)33-26-12-8-9-13-26/h4-7,10-11,14-19,24,26H,8-9,12-13,20-21H2,1-3H3,(H,33,37)/t24-/m1/s1. The Kier molecular flexibility index (Phi) is 9.53. The topological polar surface area (TPSA) is 86.8 Å². The number of benzene rings is 3. The fourth-order valence-corrected chi connectivity index (χ4v) is 6.69. The largest absolute Gasteiger partial charge is 0.352 e. The Morgan fingerprint density at radius 1 is 0.975 bits per heavy atom. The van der Waals surface area contributed by atoms with Gasteiger partial charge in [-0.2, -0.15) is 0 Å². The third-order valence-electron chi connectivity index (χ3n) is 7.41. The Morgan fingerprint density at radius 2 is 1.62 bits per heavy atom. The van der Waals surface area contributed by atoms with Crippen LogP contribution >= 0.6 is 11.6 Å². The highest BCUT2D eigenvalue weighted by atomic mass is 35.5. The molecule has 1 N–H and O–H groups in total. The van der Waals surface area contributed by atoms with Gasteiger partial charge in [0.2, 0.25) is 11.8 Å². The van der Waals surface area contributed by atoms with Gasteiger partial charge < -0.3 is 10.2 Å². The average Bonchev–Trinajstić information content (AvgIpc) is 3.45. The van der Waals surface area contributed by atoms with Gasteiger partial charge in [-0.3, -0.25) is 13.9 Å². The summed E-state index contributed by atoms with van der Waals surface area (Å²) in [6, 6.07) is 19.9. The summed E-state index contributed by atoms with van der Waals surface area (Å²) in [4.78, 5) is 28.9. The predicted molar refractivity (Wildman–Crippen MR) is 159 cm³/mol. The second-order valence-corrected chi connectivity index (χ2v) is 12.7. The molecule has 0 aliphatic heterocycles. The van der Waals surface area contributed by atoms with Gasteiger partial charge in [-0.05, 0) is 74.6 Å². The predicted octanol–water partition coefficient (Wildman–Crippen LogP) is 5.63. The van der Waals surface area contributed by atoms with E-state index in [4.69, 9.17) is 11.6 Å². The number of carbonyl (C=O) groups excluding carboxylic acids is 2. The van der Waals surface area contributed by atoms with Crippen LogP contribution in [-0.2, 0) is 26.2 Å². The van der Waals surface area contributed by atoms with E-state index in [0.29, 0.717) is 21.8 Å². The van der Waals surface area contributed by atoms with Gasteiger partial charge in [0.15, 0.2) is 0 Å². The summed E-state index contributed by atoms with van der Waals surface area (Å²) in [5.41, 5.74) is 2.65. The zero-order valence-electron chi connectivity index (χ0n) is 23.1. The van der Waals surface area contributed by atoms with Crippen LogP contribution in [-0.4, -0.2) is 43.8 Å². The van der Waals surface area contributed by atoms with Crippen molar-refractivity contribution < 1.29 is 18.0 Å². The number of nitrogens with one attached hydrogen (secondary N) is 1. The zero-order valence-corrected chi connectivity index (χ0v) is 24.7. The molecule has 3 aromatic rings. The van der Waals surface area contributed by atoms with E-state index in [2.05, 4.69) is 5.32 Å². The molecule has 0 saturated heterocycles. The molecule has 1 aliphatic rings. The monoisotopic (exact) mass is 581 g/mol. The molecule has 40 heavy (non-hydrogen) atoms. The van der Waals surface area contributed by atoms with Crippen molar-refractivity contribution in [2.75, 3.05) is 10.8 Å². The minimum atomic E-state index is -4.11. The van der Waals surface area contributed by atoms with E-state index in [9.17, 15) is 18.0 Å². The molecule has 1 atom stereocenters. The number of anilines is 1. The molecule has 1 aliphatic carbocycles. The average molecular weight is 582 g/mol. The molecule has 0 radical (unpaired) electrons. The smallest absolute Gasteiger partial charge is 0.264 e. The van der Waals surface area contributed by atoms with Gasteiger partial charge in [-0.1, -0.05) is 73.0 Å². The minimum absolute atomic E-state index is 0.0593. The quantitative estimate of drug-likeness (QED) is 0.336. The van der Waals surface area contributed by atoms with Gasteiger partial charge in [0, 0.05) is 17.6 Å². The van der Waals surface area contributed by atoms with E-state index in [0.717, 1.165) is 35.6 Å². The van der Waals surface area contributed by atoms with Gasteiger partial charge >= 0.3 is 0 Å². The fraction of sp³-hybridized carbons (Fsp3) is 0.355. The van der Waals surface area contributed by atoms with Crippen molar-refractivity contribution >= 4 is 39.1 Å². The van der Waals surface area contributed by atoms with E-state index < -0.39 is 28.5 Å². The van der Waals surface area contributed by atoms with Crippen LogP contribution < -0.4 is 9.62 Å². The molecule has 4 rings (SSSR count). The lowest BCUT2D eigenvalue weighted by Crippen LogP contribution is -2.52. The van der Waals surface area contributed by atoms with Crippen LogP contribution in [0.5, 0.6) is 0 Å². The molecule has 1 fully saturated rings. The van der Waals surface area contributed by atoms with E-state index in [-0.39, 0.29) is 23.4 Å². The molecule has 0 spiro atoms. The molecular weight excluding hydrogens is 546 g/mol. The van der Waals surface area contributed by atoms with Crippen LogP contribution in [0.25, 0.3) is 0 Å². The van der Waals surface area contributed by atoms with Crippen LogP contribution in [0.3, 0.4) is 0 Å². The lowest BCUT2D eigenvalue weighted by Gasteiger charge is -2.33. The first-order valence-electron chi connectivity index (χ1n) is 13.6. The Morgan fingerprint density at radius 3 is 2.30 bits per heavy atom. The first-order chi connectivity index (χ1) is 19.1. The first-order valence-corrected chi connectivity index (χ1v) is 15.4. The number of carbonyl (C=O) groups is 2. The lowest BCUT2D eigenvalue weighted by molar-refractivity contribution is -0.139. The summed E-state index contributed by atoms with van der Waals surface area (Å²) < 4.78 is 29.1. The normalized spacial score (nSPS) is 14.5. The number of hydrogen-bond acceptors (Lipinski definition) is 4. The maximum Gasteiger partial charge on any atom is 0.264 e. The third kappa shape index (κ3) is 6.85. The molecular formula is C31H36ClN3O4S. The summed E-state index contributed by atoms with van der Waals surface area (Å²) in [6.07, 6.45) is 3.94. The maximum absolute atomic E-state index is 14.1. The van der Waals surface area contributed by atoms with Crippen LogP contribution in [0.4, 0.5) is 5.69 Å². The number of aryl methyl sites for hydroxylation is 2. The van der Waals surface area contributed by atoms with Gasteiger partial charge in [0.1, 0.15) is 12.6 Å². The van der Waals surface area contributed by atoms with Crippen molar-refractivity contribution in [3.63, 3.8) is 0 Å². The van der Waals surface area contributed by atoms with Crippen molar-refractivity contribution in [1.29, 1.82) is 0 Å². The second-order valence-electron chi connectivity index (χ2n) is 10.4. The second kappa shape index (κ2) is 12.9. The maximum atomic E-state index is 14.1. The number of halogens is 1. The molecule has 0 unspecified atom stereocenters. The molecule has 0 bridgehead atoms. The van der Waals surface area contributed by atoms with Crippen molar-refractivity contribution in [2.45, 2.75) is 70.0 Å². The molecule has 9 heteroatoms. The summed E-state index contributed by atoms with van der Waals surface area (Å²) in [5.74, 6) is -0.772. The van der Waals surface area contributed by atoms with Crippen LogP contribution in [0.2, 0.25) is 5.02 Å². The van der Waals surface area contributed by atoms with Crippen LogP contribution in [0, 0.1) is 13.8 Å². The zero-order chi connectivity index (χ0) is 28.9. The Hall–Kier alpha value is -3.36. The minimum Gasteiger partial charge on any atom is -0.352 e.